The standard InChI is InChI=1S/C10H6Cl3NO3/c11-5-3-6(12)10(7(13)4-5)14-8(15)1-2-9(16)17/h1-4H,(H,14,15)(H,16,17)/b2-1+. The number of halogens is 3. The van der Waals surface area contributed by atoms with Crippen molar-refractivity contribution in [3.63, 3.8) is 0 Å². The molecule has 0 aromatic heterocycles. The maximum Gasteiger partial charge on any atom is 0.328 e. The van der Waals surface area contributed by atoms with Crippen LogP contribution in [0, 0.1) is 0 Å². The summed E-state index contributed by atoms with van der Waals surface area (Å²) in [4.78, 5) is 21.5. The summed E-state index contributed by atoms with van der Waals surface area (Å²) in [7, 11) is 0. The van der Waals surface area contributed by atoms with Gasteiger partial charge in [0, 0.05) is 17.2 Å². The predicted molar refractivity (Wildman–Crippen MR) is 66.9 cm³/mol. The molecule has 4 nitrogen and oxygen atoms in total. The number of amides is 1. The third-order valence-electron chi connectivity index (χ3n) is 1.63. The first-order chi connectivity index (χ1) is 7.90. The van der Waals surface area contributed by atoms with E-state index in [1.54, 1.807) is 0 Å². The Hall–Kier alpha value is -1.23. The molecule has 0 aliphatic carbocycles. The molecule has 0 fully saturated rings. The molecule has 1 rings (SSSR count). The monoisotopic (exact) mass is 293 g/mol. The van der Waals surface area contributed by atoms with Crippen LogP contribution in [0.1, 0.15) is 0 Å². The Morgan fingerprint density at radius 3 is 2.12 bits per heavy atom. The van der Waals surface area contributed by atoms with E-state index < -0.39 is 11.9 Å². The van der Waals surface area contributed by atoms with Crippen LogP contribution in [0.15, 0.2) is 24.3 Å². The number of carboxylic acids is 1. The lowest BCUT2D eigenvalue weighted by Crippen LogP contribution is -2.09. The fraction of sp³-hybridized carbons (Fsp3) is 0. The first-order valence-corrected chi connectivity index (χ1v) is 5.40. The number of anilines is 1. The average Bonchev–Trinajstić information content (AvgIpc) is 2.20. The molecule has 0 bridgehead atoms. The summed E-state index contributed by atoms with van der Waals surface area (Å²) in [6.45, 7) is 0. The van der Waals surface area contributed by atoms with Crippen molar-refractivity contribution in [2.24, 2.45) is 0 Å². The Morgan fingerprint density at radius 2 is 1.65 bits per heavy atom. The van der Waals surface area contributed by atoms with Gasteiger partial charge in [0.2, 0.25) is 5.91 Å². The van der Waals surface area contributed by atoms with Crippen LogP contribution in [-0.2, 0) is 9.59 Å². The molecule has 7 heteroatoms. The van der Waals surface area contributed by atoms with E-state index in [1.165, 1.54) is 12.1 Å². The Bertz CT molecular complexity index is 477. The van der Waals surface area contributed by atoms with Crippen LogP contribution in [-0.4, -0.2) is 17.0 Å². The molecule has 2 N–H and O–H groups in total. The Labute approximate surface area is 112 Å². The molecule has 0 unspecified atom stereocenters. The minimum Gasteiger partial charge on any atom is -0.478 e. The lowest BCUT2D eigenvalue weighted by Gasteiger charge is -2.07. The molecule has 17 heavy (non-hydrogen) atoms. The van der Waals surface area contributed by atoms with Gasteiger partial charge >= 0.3 is 5.97 Å². The fourth-order valence-corrected chi connectivity index (χ4v) is 1.88. The van der Waals surface area contributed by atoms with E-state index in [0.29, 0.717) is 11.1 Å². The van der Waals surface area contributed by atoms with E-state index in [0.717, 1.165) is 6.08 Å². The molecular weight excluding hydrogens is 288 g/mol. The molecule has 0 aliphatic heterocycles. The highest BCUT2D eigenvalue weighted by Gasteiger charge is 2.09. The largest absolute Gasteiger partial charge is 0.478 e. The van der Waals surface area contributed by atoms with Gasteiger partial charge in [-0.2, -0.15) is 0 Å². The maximum absolute atomic E-state index is 11.3. The third-order valence-corrected chi connectivity index (χ3v) is 2.45. The van der Waals surface area contributed by atoms with E-state index in [4.69, 9.17) is 39.9 Å². The van der Waals surface area contributed by atoms with Crippen molar-refractivity contribution in [3.8, 4) is 0 Å². The second-order valence-corrected chi connectivity index (χ2v) is 4.16. The van der Waals surface area contributed by atoms with Crippen molar-refractivity contribution in [2.75, 3.05) is 5.32 Å². The SMILES string of the molecule is O=C(O)/C=C/C(=O)Nc1c(Cl)cc(Cl)cc1Cl. The number of rotatable bonds is 3. The normalized spacial score (nSPS) is 10.5. The lowest BCUT2D eigenvalue weighted by atomic mass is 10.3. The van der Waals surface area contributed by atoms with Gasteiger partial charge in [0.25, 0.3) is 0 Å². The first-order valence-electron chi connectivity index (χ1n) is 4.26. The van der Waals surface area contributed by atoms with E-state index in [9.17, 15) is 9.59 Å². The van der Waals surface area contributed by atoms with Crippen molar-refractivity contribution in [1.82, 2.24) is 0 Å². The molecule has 1 aromatic carbocycles. The van der Waals surface area contributed by atoms with Gasteiger partial charge in [-0.25, -0.2) is 4.79 Å². The maximum atomic E-state index is 11.3. The molecule has 0 spiro atoms. The first kappa shape index (κ1) is 13.8. The highest BCUT2D eigenvalue weighted by Crippen LogP contribution is 2.33. The van der Waals surface area contributed by atoms with Gasteiger partial charge in [-0.3, -0.25) is 4.79 Å². The van der Waals surface area contributed by atoms with E-state index >= 15 is 0 Å². The molecule has 90 valence electrons. The highest BCUT2D eigenvalue weighted by atomic mass is 35.5. The van der Waals surface area contributed by atoms with E-state index in [2.05, 4.69) is 5.32 Å². The van der Waals surface area contributed by atoms with Crippen molar-refractivity contribution in [1.29, 1.82) is 0 Å². The number of benzene rings is 1. The zero-order valence-corrected chi connectivity index (χ0v) is 10.5. The molecule has 0 heterocycles. The van der Waals surface area contributed by atoms with Gasteiger partial charge in [-0.15, -0.1) is 0 Å². The second-order valence-electron chi connectivity index (χ2n) is 2.91. The average molecular weight is 295 g/mol. The molecular formula is C10H6Cl3NO3. The number of hydrogen-bond donors (Lipinski definition) is 2. The van der Waals surface area contributed by atoms with Crippen LogP contribution in [0.5, 0.6) is 0 Å². The molecule has 0 radical (unpaired) electrons. The summed E-state index contributed by atoms with van der Waals surface area (Å²) in [5.41, 5.74) is 0.178. The second kappa shape index (κ2) is 5.91. The van der Waals surface area contributed by atoms with Crippen molar-refractivity contribution in [3.05, 3.63) is 39.4 Å². The molecule has 0 saturated heterocycles. The van der Waals surface area contributed by atoms with Crippen LogP contribution in [0.25, 0.3) is 0 Å². The molecule has 0 aliphatic rings. The van der Waals surface area contributed by atoms with E-state index in [-0.39, 0.29) is 15.7 Å². The quantitative estimate of drug-likeness (QED) is 0.841. The number of carbonyl (C=O) groups excluding carboxylic acids is 1. The minimum atomic E-state index is -1.23. The summed E-state index contributed by atoms with van der Waals surface area (Å²) in [6, 6.07) is 2.82. The van der Waals surface area contributed by atoms with Crippen molar-refractivity contribution in [2.45, 2.75) is 0 Å². The van der Waals surface area contributed by atoms with Gasteiger partial charge in [0.05, 0.1) is 15.7 Å². The van der Waals surface area contributed by atoms with Crippen LogP contribution < -0.4 is 5.32 Å². The number of nitrogens with one attached hydrogen (secondary N) is 1. The topological polar surface area (TPSA) is 66.4 Å². The van der Waals surface area contributed by atoms with Crippen molar-refractivity contribution >= 4 is 52.4 Å². The van der Waals surface area contributed by atoms with Crippen LogP contribution in [0.2, 0.25) is 15.1 Å². The number of hydrogen-bond acceptors (Lipinski definition) is 2. The summed E-state index contributed by atoms with van der Waals surface area (Å²) in [5.74, 6) is -1.88. The summed E-state index contributed by atoms with van der Waals surface area (Å²) >= 11 is 17.3. The smallest absolute Gasteiger partial charge is 0.328 e. The molecule has 0 atom stereocenters. The molecule has 1 amide bonds. The zero-order chi connectivity index (χ0) is 13.0. The number of carboxylic acid groups (broad SMARTS) is 1. The predicted octanol–water partition coefficient (Wildman–Crippen LogP) is 3.23. The molecule has 1 aromatic rings. The summed E-state index contributed by atoms with van der Waals surface area (Å²) in [6.07, 6.45) is 1.55. The molecule has 0 saturated carbocycles. The Balaban J connectivity index is 2.89. The van der Waals surface area contributed by atoms with Crippen molar-refractivity contribution < 1.29 is 14.7 Å². The van der Waals surface area contributed by atoms with Gasteiger partial charge in [-0.05, 0) is 12.1 Å². The summed E-state index contributed by atoms with van der Waals surface area (Å²) < 4.78 is 0. The Kier molecular flexibility index (Phi) is 4.81. The zero-order valence-electron chi connectivity index (χ0n) is 8.21. The number of carbonyl (C=O) groups is 2. The fourth-order valence-electron chi connectivity index (χ4n) is 0.973. The lowest BCUT2D eigenvalue weighted by molar-refractivity contribution is -0.131. The number of aliphatic carboxylic acids is 1. The van der Waals surface area contributed by atoms with Gasteiger partial charge < -0.3 is 10.4 Å². The third kappa shape index (κ3) is 4.26. The van der Waals surface area contributed by atoms with Crippen LogP contribution >= 0.6 is 34.8 Å². The summed E-state index contributed by atoms with van der Waals surface area (Å²) in [5, 5.41) is 11.4. The highest BCUT2D eigenvalue weighted by molar-refractivity contribution is 6.42. The minimum absolute atomic E-state index is 0.166. The van der Waals surface area contributed by atoms with Crippen LogP contribution in [0.3, 0.4) is 0 Å². The van der Waals surface area contributed by atoms with Gasteiger partial charge in [-0.1, -0.05) is 34.8 Å². The van der Waals surface area contributed by atoms with Gasteiger partial charge in [0.15, 0.2) is 0 Å². The van der Waals surface area contributed by atoms with Gasteiger partial charge in [0.1, 0.15) is 0 Å². The van der Waals surface area contributed by atoms with E-state index in [1.807, 2.05) is 0 Å². The Morgan fingerprint density at radius 1 is 1.12 bits per heavy atom. The van der Waals surface area contributed by atoms with Crippen LogP contribution in [0.4, 0.5) is 5.69 Å².